The number of nitrogens with one attached hydrogen (secondary N) is 2. The van der Waals surface area contributed by atoms with Crippen molar-refractivity contribution in [3.05, 3.63) is 59.7 Å². The Bertz CT molecular complexity index is 807. The van der Waals surface area contributed by atoms with Gasteiger partial charge in [0.05, 0.1) is 0 Å². The van der Waals surface area contributed by atoms with Gasteiger partial charge in [0.2, 0.25) is 0 Å². The Morgan fingerprint density at radius 2 is 1.62 bits per heavy atom. The second kappa shape index (κ2) is 10.1. The van der Waals surface area contributed by atoms with E-state index in [4.69, 9.17) is 4.74 Å². The highest BCUT2D eigenvalue weighted by Crippen LogP contribution is 2.19. The van der Waals surface area contributed by atoms with Gasteiger partial charge in [0.15, 0.2) is 6.61 Å². The average Bonchev–Trinajstić information content (AvgIpc) is 2.74. The molecule has 2 aromatic carbocycles. The maximum atomic E-state index is 12.4. The minimum atomic E-state index is -0.239. The highest BCUT2D eigenvalue weighted by atomic mass is 16.5. The first-order valence-electron chi connectivity index (χ1n) is 10.4. The summed E-state index contributed by atoms with van der Waals surface area (Å²) in [7, 11) is 0. The number of carbonyl (C=O) groups excluding carboxylic acids is 2. The molecule has 2 N–H and O–H groups in total. The van der Waals surface area contributed by atoms with E-state index in [1.54, 1.807) is 24.3 Å². The zero-order chi connectivity index (χ0) is 20.6. The van der Waals surface area contributed by atoms with Gasteiger partial charge in [-0.25, -0.2) is 0 Å². The smallest absolute Gasteiger partial charge is 0.262 e. The van der Waals surface area contributed by atoms with Crippen molar-refractivity contribution in [3.63, 3.8) is 0 Å². The Morgan fingerprint density at radius 1 is 0.966 bits per heavy atom. The van der Waals surface area contributed by atoms with E-state index in [1.165, 1.54) is 24.8 Å². The van der Waals surface area contributed by atoms with Gasteiger partial charge in [0.25, 0.3) is 11.8 Å². The van der Waals surface area contributed by atoms with Crippen LogP contribution in [0.1, 0.15) is 67.8 Å². The number of carbonyl (C=O) groups is 2. The van der Waals surface area contributed by atoms with Crippen molar-refractivity contribution in [2.45, 2.75) is 57.9 Å². The molecule has 1 saturated carbocycles. The normalized spacial score (nSPS) is 14.4. The van der Waals surface area contributed by atoms with Crippen molar-refractivity contribution >= 4 is 17.5 Å². The van der Waals surface area contributed by atoms with Crippen LogP contribution in [-0.2, 0) is 4.79 Å². The Morgan fingerprint density at radius 3 is 2.24 bits per heavy atom. The van der Waals surface area contributed by atoms with E-state index >= 15 is 0 Å². The van der Waals surface area contributed by atoms with Gasteiger partial charge in [-0.15, -0.1) is 0 Å². The molecule has 1 aliphatic rings. The molecule has 0 aliphatic heterocycles. The van der Waals surface area contributed by atoms with Gasteiger partial charge in [-0.05, 0) is 60.7 Å². The van der Waals surface area contributed by atoms with Gasteiger partial charge in [-0.1, -0.05) is 45.2 Å². The minimum absolute atomic E-state index is 0.0528. The molecule has 154 valence electrons. The van der Waals surface area contributed by atoms with E-state index in [0.29, 0.717) is 22.9 Å². The third kappa shape index (κ3) is 6.34. The Labute approximate surface area is 172 Å². The lowest BCUT2D eigenvalue weighted by Crippen LogP contribution is -2.36. The summed E-state index contributed by atoms with van der Waals surface area (Å²) in [6.45, 7) is 4.20. The first-order valence-corrected chi connectivity index (χ1v) is 10.4. The number of ether oxygens (including phenoxy) is 1. The van der Waals surface area contributed by atoms with E-state index in [-0.39, 0.29) is 24.5 Å². The molecule has 5 nitrogen and oxygen atoms in total. The van der Waals surface area contributed by atoms with Crippen molar-refractivity contribution in [2.75, 3.05) is 11.9 Å². The first-order chi connectivity index (χ1) is 14.0. The Kier molecular flexibility index (Phi) is 7.28. The molecule has 1 fully saturated rings. The Hall–Kier alpha value is -2.82. The van der Waals surface area contributed by atoms with Crippen LogP contribution in [0, 0.1) is 0 Å². The van der Waals surface area contributed by atoms with Crippen LogP contribution >= 0.6 is 0 Å². The molecule has 2 amide bonds. The average molecular weight is 395 g/mol. The van der Waals surface area contributed by atoms with Crippen LogP contribution in [0.5, 0.6) is 5.75 Å². The molecule has 0 atom stereocenters. The molecule has 29 heavy (non-hydrogen) atoms. The zero-order valence-corrected chi connectivity index (χ0v) is 17.2. The third-order valence-electron chi connectivity index (χ3n) is 5.29. The predicted molar refractivity (Wildman–Crippen MR) is 115 cm³/mol. The Balaban J connectivity index is 1.46. The van der Waals surface area contributed by atoms with E-state index in [2.05, 4.69) is 24.5 Å². The molecule has 1 aliphatic carbocycles. The summed E-state index contributed by atoms with van der Waals surface area (Å²) in [6.07, 6.45) is 5.73. The molecule has 2 aromatic rings. The summed E-state index contributed by atoms with van der Waals surface area (Å²) in [5.41, 5.74) is 2.48. The molecule has 0 bridgehead atoms. The predicted octanol–water partition coefficient (Wildman–Crippen LogP) is 4.89. The van der Waals surface area contributed by atoms with Gasteiger partial charge >= 0.3 is 0 Å². The van der Waals surface area contributed by atoms with Crippen LogP contribution in [0.4, 0.5) is 5.69 Å². The standard InChI is InChI=1S/C24H30N2O3/c1-17(2)18-10-14-22(15-11-18)29-16-23(27)25-21-12-8-19(9-13-21)24(28)26-20-6-4-3-5-7-20/h8-15,17,20H,3-7,16H2,1-2H3,(H,25,27)(H,26,28). The van der Waals surface area contributed by atoms with E-state index < -0.39 is 0 Å². The number of rotatable bonds is 7. The van der Waals surface area contributed by atoms with Crippen LogP contribution in [0.25, 0.3) is 0 Å². The maximum absolute atomic E-state index is 12.4. The van der Waals surface area contributed by atoms with Crippen molar-refractivity contribution in [1.82, 2.24) is 5.32 Å². The number of benzene rings is 2. The highest BCUT2D eigenvalue weighted by Gasteiger charge is 2.16. The number of hydrogen-bond donors (Lipinski definition) is 2. The molecule has 0 unspecified atom stereocenters. The molecule has 3 rings (SSSR count). The summed E-state index contributed by atoms with van der Waals surface area (Å²) in [6, 6.07) is 15.0. The van der Waals surface area contributed by atoms with Gasteiger partial charge < -0.3 is 15.4 Å². The fourth-order valence-electron chi connectivity index (χ4n) is 3.52. The van der Waals surface area contributed by atoms with Gasteiger partial charge in [-0.2, -0.15) is 0 Å². The summed E-state index contributed by atoms with van der Waals surface area (Å²) in [4.78, 5) is 24.5. The monoisotopic (exact) mass is 394 g/mol. The number of hydrogen-bond acceptors (Lipinski definition) is 3. The van der Waals surface area contributed by atoms with Gasteiger partial charge in [-0.3, -0.25) is 9.59 Å². The molecule has 0 radical (unpaired) electrons. The minimum Gasteiger partial charge on any atom is -0.484 e. The topological polar surface area (TPSA) is 67.4 Å². The molecule has 0 heterocycles. The first kappa shape index (κ1) is 20.9. The molecule has 0 aromatic heterocycles. The van der Waals surface area contributed by atoms with Crippen LogP contribution in [0.15, 0.2) is 48.5 Å². The van der Waals surface area contributed by atoms with Crippen molar-refractivity contribution in [1.29, 1.82) is 0 Å². The fraction of sp³-hybridized carbons (Fsp3) is 0.417. The van der Waals surface area contributed by atoms with Gasteiger partial charge in [0.1, 0.15) is 5.75 Å². The van der Waals surface area contributed by atoms with E-state index in [1.807, 2.05) is 24.3 Å². The molecular weight excluding hydrogens is 364 g/mol. The van der Waals surface area contributed by atoms with Crippen LogP contribution in [0.3, 0.4) is 0 Å². The zero-order valence-electron chi connectivity index (χ0n) is 17.2. The molecule has 5 heteroatoms. The van der Waals surface area contributed by atoms with Crippen LogP contribution in [0.2, 0.25) is 0 Å². The molecule has 0 spiro atoms. The summed E-state index contributed by atoms with van der Waals surface area (Å²) in [5.74, 6) is 0.833. The van der Waals surface area contributed by atoms with Crippen LogP contribution in [-0.4, -0.2) is 24.5 Å². The second-order valence-electron chi connectivity index (χ2n) is 7.95. The summed E-state index contributed by atoms with van der Waals surface area (Å²) in [5, 5.41) is 5.89. The third-order valence-corrected chi connectivity index (χ3v) is 5.29. The van der Waals surface area contributed by atoms with E-state index in [9.17, 15) is 9.59 Å². The lowest BCUT2D eigenvalue weighted by atomic mass is 9.95. The summed E-state index contributed by atoms with van der Waals surface area (Å²) >= 11 is 0. The molecule has 0 saturated heterocycles. The lowest BCUT2D eigenvalue weighted by Gasteiger charge is -2.22. The van der Waals surface area contributed by atoms with Crippen molar-refractivity contribution in [3.8, 4) is 5.75 Å². The van der Waals surface area contributed by atoms with E-state index in [0.717, 1.165) is 12.8 Å². The van der Waals surface area contributed by atoms with Crippen LogP contribution < -0.4 is 15.4 Å². The molecular formula is C24H30N2O3. The van der Waals surface area contributed by atoms with Crippen molar-refractivity contribution in [2.24, 2.45) is 0 Å². The number of anilines is 1. The number of amides is 2. The highest BCUT2D eigenvalue weighted by molar-refractivity contribution is 5.96. The summed E-state index contributed by atoms with van der Waals surface area (Å²) < 4.78 is 5.55. The maximum Gasteiger partial charge on any atom is 0.262 e. The quantitative estimate of drug-likeness (QED) is 0.703. The lowest BCUT2D eigenvalue weighted by molar-refractivity contribution is -0.118. The van der Waals surface area contributed by atoms with Gasteiger partial charge in [0, 0.05) is 17.3 Å². The SMILES string of the molecule is CC(C)c1ccc(OCC(=O)Nc2ccc(C(=O)NC3CCCCC3)cc2)cc1. The second-order valence-corrected chi connectivity index (χ2v) is 7.95. The van der Waals surface area contributed by atoms with Crippen molar-refractivity contribution < 1.29 is 14.3 Å². The largest absolute Gasteiger partial charge is 0.484 e. The fourth-order valence-corrected chi connectivity index (χ4v) is 3.52.